The average Bonchev–Trinajstić information content (AvgIpc) is 2.46. The number of rotatable bonds is 6. The summed E-state index contributed by atoms with van der Waals surface area (Å²) in [6.45, 7) is 2.44. The van der Waals surface area contributed by atoms with Crippen molar-refractivity contribution in [3.05, 3.63) is 65.7 Å². The van der Waals surface area contributed by atoms with Gasteiger partial charge in [-0.25, -0.2) is 0 Å². The lowest BCUT2D eigenvalue weighted by atomic mass is 10.1. The predicted molar refractivity (Wildman–Crippen MR) is 77.3 cm³/mol. The number of hydrogen-bond donors (Lipinski definition) is 1. The molecule has 2 aromatic carbocycles. The highest BCUT2D eigenvalue weighted by molar-refractivity contribution is 5.28. The van der Waals surface area contributed by atoms with Crippen LogP contribution in [0.4, 0.5) is 0 Å². The maximum atomic E-state index is 10.0. The summed E-state index contributed by atoms with van der Waals surface area (Å²) in [4.78, 5) is 0. The molecule has 0 fully saturated rings. The van der Waals surface area contributed by atoms with Crippen LogP contribution >= 0.6 is 0 Å². The van der Waals surface area contributed by atoms with Gasteiger partial charge in [0.1, 0.15) is 18.5 Å². The number of aliphatic hydroxyl groups excluding tert-OH is 1. The molecule has 0 aliphatic carbocycles. The van der Waals surface area contributed by atoms with Gasteiger partial charge in [-0.1, -0.05) is 55.8 Å². The summed E-state index contributed by atoms with van der Waals surface area (Å²) < 4.78 is 5.66. The third kappa shape index (κ3) is 4.11. The monoisotopic (exact) mass is 256 g/mol. The summed E-state index contributed by atoms with van der Waals surface area (Å²) in [7, 11) is 0. The van der Waals surface area contributed by atoms with Crippen LogP contribution in [0.1, 0.15) is 30.6 Å². The van der Waals surface area contributed by atoms with E-state index < -0.39 is 6.10 Å². The highest BCUT2D eigenvalue weighted by Crippen LogP contribution is 2.18. The Morgan fingerprint density at radius 1 is 1.05 bits per heavy atom. The van der Waals surface area contributed by atoms with Gasteiger partial charge in [0.15, 0.2) is 0 Å². The molecule has 0 bridgehead atoms. The van der Waals surface area contributed by atoms with E-state index in [-0.39, 0.29) is 6.61 Å². The van der Waals surface area contributed by atoms with Gasteiger partial charge in [0, 0.05) is 0 Å². The van der Waals surface area contributed by atoms with Gasteiger partial charge in [0.05, 0.1) is 0 Å². The summed E-state index contributed by atoms with van der Waals surface area (Å²) >= 11 is 0. The lowest BCUT2D eigenvalue weighted by Gasteiger charge is -2.13. The Hall–Kier alpha value is -1.80. The van der Waals surface area contributed by atoms with Crippen LogP contribution in [0.15, 0.2) is 54.6 Å². The first-order valence-corrected chi connectivity index (χ1v) is 6.74. The number of ether oxygens (including phenoxy) is 1. The molecule has 0 saturated heterocycles. The van der Waals surface area contributed by atoms with Crippen LogP contribution in [-0.4, -0.2) is 11.7 Å². The standard InChI is InChI=1S/C17H20O2/c1-2-7-14-8-6-11-16(12-14)19-13-17(18)15-9-4-3-5-10-15/h3-6,8-12,17-18H,2,7,13H2,1H3. The first kappa shape index (κ1) is 13.6. The molecule has 1 N–H and O–H groups in total. The fourth-order valence-corrected chi connectivity index (χ4v) is 2.03. The third-order valence-corrected chi connectivity index (χ3v) is 3.03. The number of aryl methyl sites for hydroxylation is 1. The molecule has 0 aliphatic heterocycles. The third-order valence-electron chi connectivity index (χ3n) is 3.03. The fourth-order valence-electron chi connectivity index (χ4n) is 2.03. The van der Waals surface area contributed by atoms with Crippen molar-refractivity contribution >= 4 is 0 Å². The summed E-state index contributed by atoms with van der Waals surface area (Å²) in [5.41, 5.74) is 2.15. The zero-order valence-electron chi connectivity index (χ0n) is 11.3. The van der Waals surface area contributed by atoms with Crippen molar-refractivity contribution in [1.82, 2.24) is 0 Å². The predicted octanol–water partition coefficient (Wildman–Crippen LogP) is 3.75. The van der Waals surface area contributed by atoms with E-state index in [0.29, 0.717) is 0 Å². The van der Waals surface area contributed by atoms with Crippen molar-refractivity contribution in [2.45, 2.75) is 25.9 Å². The second-order valence-electron chi connectivity index (χ2n) is 4.63. The molecule has 1 unspecified atom stereocenters. The summed E-state index contributed by atoms with van der Waals surface area (Å²) in [5, 5.41) is 10.0. The minimum Gasteiger partial charge on any atom is -0.491 e. The van der Waals surface area contributed by atoms with Crippen molar-refractivity contribution in [3.8, 4) is 5.75 Å². The van der Waals surface area contributed by atoms with Crippen LogP contribution in [0.2, 0.25) is 0 Å². The minimum atomic E-state index is -0.587. The van der Waals surface area contributed by atoms with Gasteiger partial charge in [0.25, 0.3) is 0 Å². The van der Waals surface area contributed by atoms with Gasteiger partial charge >= 0.3 is 0 Å². The Morgan fingerprint density at radius 3 is 2.58 bits per heavy atom. The van der Waals surface area contributed by atoms with Gasteiger partial charge in [-0.05, 0) is 29.7 Å². The molecule has 2 heteroatoms. The van der Waals surface area contributed by atoms with E-state index in [1.807, 2.05) is 48.5 Å². The fraction of sp³-hybridized carbons (Fsp3) is 0.294. The maximum Gasteiger partial charge on any atom is 0.119 e. The van der Waals surface area contributed by atoms with Crippen molar-refractivity contribution < 1.29 is 9.84 Å². The first-order chi connectivity index (χ1) is 9.29. The van der Waals surface area contributed by atoms with Crippen LogP contribution in [0.25, 0.3) is 0 Å². The van der Waals surface area contributed by atoms with E-state index in [4.69, 9.17) is 4.74 Å². The molecule has 0 aromatic heterocycles. The molecule has 0 aliphatic rings. The van der Waals surface area contributed by atoms with E-state index in [1.54, 1.807) is 0 Å². The Balaban J connectivity index is 1.93. The molecule has 0 heterocycles. The Bertz CT molecular complexity index is 494. The molecule has 0 spiro atoms. The lowest BCUT2D eigenvalue weighted by molar-refractivity contribution is 0.108. The molecule has 0 saturated carbocycles. The van der Waals surface area contributed by atoms with Gasteiger partial charge in [0.2, 0.25) is 0 Å². The van der Waals surface area contributed by atoms with Crippen molar-refractivity contribution in [2.24, 2.45) is 0 Å². The number of aliphatic hydroxyl groups is 1. The zero-order valence-corrected chi connectivity index (χ0v) is 11.3. The minimum absolute atomic E-state index is 0.277. The van der Waals surface area contributed by atoms with Crippen LogP contribution < -0.4 is 4.74 Å². The highest BCUT2D eigenvalue weighted by Gasteiger charge is 2.07. The summed E-state index contributed by atoms with van der Waals surface area (Å²) in [6.07, 6.45) is 1.59. The normalized spacial score (nSPS) is 12.1. The molecule has 2 nitrogen and oxygen atoms in total. The SMILES string of the molecule is CCCc1cccc(OCC(O)c2ccccc2)c1. The van der Waals surface area contributed by atoms with E-state index >= 15 is 0 Å². The quantitative estimate of drug-likeness (QED) is 0.853. The molecule has 2 rings (SSSR count). The van der Waals surface area contributed by atoms with Gasteiger partial charge in [-0.3, -0.25) is 0 Å². The molecule has 1 atom stereocenters. The van der Waals surface area contributed by atoms with Gasteiger partial charge in [-0.15, -0.1) is 0 Å². The molecular formula is C17H20O2. The second kappa shape index (κ2) is 6.95. The van der Waals surface area contributed by atoms with Crippen LogP contribution in [0.3, 0.4) is 0 Å². The first-order valence-electron chi connectivity index (χ1n) is 6.74. The summed E-state index contributed by atoms with van der Waals surface area (Å²) in [6, 6.07) is 17.6. The number of benzene rings is 2. The van der Waals surface area contributed by atoms with Gasteiger partial charge < -0.3 is 9.84 Å². The Kier molecular flexibility index (Phi) is 4.99. The molecular weight excluding hydrogens is 236 g/mol. The molecule has 0 amide bonds. The Labute approximate surface area is 114 Å². The van der Waals surface area contributed by atoms with E-state index in [2.05, 4.69) is 13.0 Å². The topological polar surface area (TPSA) is 29.5 Å². The number of hydrogen-bond acceptors (Lipinski definition) is 2. The maximum absolute atomic E-state index is 10.0. The smallest absolute Gasteiger partial charge is 0.119 e. The molecule has 2 aromatic rings. The molecule has 0 radical (unpaired) electrons. The lowest BCUT2D eigenvalue weighted by Crippen LogP contribution is -2.09. The summed E-state index contributed by atoms with van der Waals surface area (Å²) in [5.74, 6) is 0.820. The average molecular weight is 256 g/mol. The van der Waals surface area contributed by atoms with Crippen molar-refractivity contribution in [3.63, 3.8) is 0 Å². The van der Waals surface area contributed by atoms with Gasteiger partial charge in [-0.2, -0.15) is 0 Å². The molecule has 19 heavy (non-hydrogen) atoms. The van der Waals surface area contributed by atoms with Crippen LogP contribution in [-0.2, 0) is 6.42 Å². The van der Waals surface area contributed by atoms with E-state index in [1.165, 1.54) is 5.56 Å². The van der Waals surface area contributed by atoms with Crippen LogP contribution in [0, 0.1) is 0 Å². The van der Waals surface area contributed by atoms with Crippen molar-refractivity contribution in [2.75, 3.05) is 6.61 Å². The second-order valence-corrected chi connectivity index (χ2v) is 4.63. The zero-order chi connectivity index (χ0) is 13.5. The van der Waals surface area contributed by atoms with E-state index in [0.717, 1.165) is 24.2 Å². The van der Waals surface area contributed by atoms with Crippen LogP contribution in [0.5, 0.6) is 5.75 Å². The Morgan fingerprint density at radius 2 is 1.84 bits per heavy atom. The largest absolute Gasteiger partial charge is 0.491 e. The van der Waals surface area contributed by atoms with Crippen molar-refractivity contribution in [1.29, 1.82) is 0 Å². The highest BCUT2D eigenvalue weighted by atomic mass is 16.5. The molecule has 100 valence electrons. The van der Waals surface area contributed by atoms with E-state index in [9.17, 15) is 5.11 Å².